The number of benzene rings is 2. The van der Waals surface area contributed by atoms with Crippen molar-refractivity contribution in [2.24, 2.45) is 5.92 Å². The molecule has 11 heteroatoms. The topological polar surface area (TPSA) is 83.5 Å². The number of carbonyl (C=O) groups is 1. The number of aromatic nitrogens is 1. The molecule has 38 heavy (non-hydrogen) atoms. The number of anilines is 1. The maximum atomic E-state index is 13.6. The van der Waals surface area contributed by atoms with Crippen molar-refractivity contribution in [3.05, 3.63) is 51.5 Å². The molecule has 0 radical (unpaired) electrons. The van der Waals surface area contributed by atoms with Crippen LogP contribution in [0.1, 0.15) is 65.6 Å². The molecule has 3 N–H and O–H groups in total. The van der Waals surface area contributed by atoms with Gasteiger partial charge < -0.3 is 15.2 Å². The molecule has 0 bridgehead atoms. The molecule has 2 aromatic carbocycles. The molecular weight excluding hydrogens is 539 g/mol. The van der Waals surface area contributed by atoms with Gasteiger partial charge in [-0.2, -0.15) is 13.2 Å². The first-order chi connectivity index (χ1) is 18.1. The van der Waals surface area contributed by atoms with Crippen molar-refractivity contribution in [2.45, 2.75) is 58.2 Å². The van der Waals surface area contributed by atoms with E-state index in [9.17, 15) is 23.1 Å². The van der Waals surface area contributed by atoms with Crippen molar-refractivity contribution in [1.29, 1.82) is 0 Å². The van der Waals surface area contributed by atoms with E-state index in [1.54, 1.807) is 6.92 Å². The summed E-state index contributed by atoms with van der Waals surface area (Å²) in [6, 6.07) is 4.93. The van der Waals surface area contributed by atoms with Gasteiger partial charge in [0.2, 0.25) is 0 Å². The van der Waals surface area contributed by atoms with E-state index in [4.69, 9.17) is 16.3 Å². The Morgan fingerprint density at radius 1 is 1.21 bits per heavy atom. The van der Waals surface area contributed by atoms with Gasteiger partial charge in [-0.25, -0.2) is 4.98 Å². The van der Waals surface area contributed by atoms with Crippen molar-refractivity contribution in [3.8, 4) is 5.75 Å². The van der Waals surface area contributed by atoms with E-state index < -0.39 is 17.6 Å². The Kier molecular flexibility index (Phi) is 9.51. The van der Waals surface area contributed by atoms with Gasteiger partial charge in [-0.15, -0.1) is 0 Å². The van der Waals surface area contributed by atoms with Crippen molar-refractivity contribution >= 4 is 44.2 Å². The highest BCUT2D eigenvalue weighted by Crippen LogP contribution is 2.37. The summed E-state index contributed by atoms with van der Waals surface area (Å²) in [5, 5.41) is 16.6. The fourth-order valence-corrected chi connectivity index (χ4v) is 5.91. The normalized spacial score (nSPS) is 17.1. The number of aromatic hydroxyl groups is 1. The molecular formula is C27H31ClF3N3O3S. The highest BCUT2D eigenvalue weighted by molar-refractivity contribution is 7.22. The lowest BCUT2D eigenvalue weighted by Gasteiger charge is -2.16. The fourth-order valence-electron chi connectivity index (χ4n) is 4.69. The zero-order valence-corrected chi connectivity index (χ0v) is 22.7. The Hall–Kier alpha value is -2.40. The lowest BCUT2D eigenvalue weighted by Crippen LogP contribution is -2.15. The number of ether oxygens (including phenoxy) is 1. The van der Waals surface area contributed by atoms with Crippen LogP contribution in [0.25, 0.3) is 10.2 Å². The minimum absolute atomic E-state index is 0.0138. The summed E-state index contributed by atoms with van der Waals surface area (Å²) in [5.74, 6) is -0.340. The van der Waals surface area contributed by atoms with Gasteiger partial charge in [0.1, 0.15) is 5.75 Å². The van der Waals surface area contributed by atoms with Crippen LogP contribution in [-0.2, 0) is 17.5 Å². The Morgan fingerprint density at radius 2 is 1.97 bits per heavy atom. The van der Waals surface area contributed by atoms with Gasteiger partial charge in [-0.05, 0) is 81.4 Å². The first-order valence-electron chi connectivity index (χ1n) is 12.7. The molecule has 1 aliphatic rings. The predicted octanol–water partition coefficient (Wildman–Crippen LogP) is 7.31. The van der Waals surface area contributed by atoms with E-state index >= 15 is 0 Å². The number of nitrogens with one attached hydrogen (secondary N) is 2. The maximum absolute atomic E-state index is 13.6. The Balaban J connectivity index is 1.49. The van der Waals surface area contributed by atoms with E-state index in [1.165, 1.54) is 12.1 Å². The molecule has 1 aromatic heterocycles. The third kappa shape index (κ3) is 7.37. The third-order valence-corrected chi connectivity index (χ3v) is 7.88. The smallest absolute Gasteiger partial charge is 0.416 e. The van der Waals surface area contributed by atoms with Gasteiger partial charge >= 0.3 is 6.18 Å². The van der Waals surface area contributed by atoms with Gasteiger partial charge in [0.25, 0.3) is 5.91 Å². The number of halogens is 4. The van der Waals surface area contributed by atoms with Gasteiger partial charge in [0.15, 0.2) is 5.13 Å². The van der Waals surface area contributed by atoms with E-state index in [1.807, 2.05) is 0 Å². The molecule has 0 spiro atoms. The van der Waals surface area contributed by atoms with E-state index in [2.05, 4.69) is 15.6 Å². The van der Waals surface area contributed by atoms with Crippen LogP contribution in [0.4, 0.5) is 18.3 Å². The lowest BCUT2D eigenvalue weighted by molar-refractivity contribution is -0.137. The summed E-state index contributed by atoms with van der Waals surface area (Å²) in [4.78, 5) is 17.2. The number of alkyl halides is 3. The fraction of sp³-hybridized carbons (Fsp3) is 0.481. The quantitative estimate of drug-likeness (QED) is 0.260. The zero-order valence-electron chi connectivity index (χ0n) is 21.1. The number of nitrogens with zero attached hydrogens (tertiary/aromatic N) is 1. The second-order valence-electron chi connectivity index (χ2n) is 9.67. The summed E-state index contributed by atoms with van der Waals surface area (Å²) in [5.41, 5.74) is 0.240. The second kappa shape index (κ2) is 12.6. The van der Waals surface area contributed by atoms with Crippen molar-refractivity contribution < 1.29 is 27.8 Å². The minimum Gasteiger partial charge on any atom is -0.507 e. The molecule has 0 aliphatic carbocycles. The maximum Gasteiger partial charge on any atom is 0.416 e. The summed E-state index contributed by atoms with van der Waals surface area (Å²) < 4.78 is 47.0. The van der Waals surface area contributed by atoms with Crippen LogP contribution in [0.3, 0.4) is 0 Å². The molecule has 3 aromatic rings. The van der Waals surface area contributed by atoms with E-state index in [0.29, 0.717) is 29.2 Å². The van der Waals surface area contributed by atoms with Crippen LogP contribution in [0.15, 0.2) is 24.3 Å². The number of hydrogen-bond acceptors (Lipinski definition) is 6. The average Bonchev–Trinajstić information content (AvgIpc) is 3.31. The third-order valence-electron chi connectivity index (χ3n) is 6.74. The number of phenols is 1. The average molecular weight is 570 g/mol. The van der Waals surface area contributed by atoms with Crippen LogP contribution in [0.5, 0.6) is 5.75 Å². The monoisotopic (exact) mass is 569 g/mol. The minimum atomic E-state index is -4.54. The van der Waals surface area contributed by atoms with Gasteiger partial charge in [0, 0.05) is 17.2 Å². The highest BCUT2D eigenvalue weighted by atomic mass is 35.5. The van der Waals surface area contributed by atoms with E-state index in [-0.39, 0.29) is 32.8 Å². The number of fused-ring (bicyclic) bond motifs is 1. The molecule has 0 saturated carbocycles. The molecule has 6 nitrogen and oxygen atoms in total. The Labute approximate surface area is 228 Å². The lowest BCUT2D eigenvalue weighted by atomic mass is 9.94. The number of carbonyl (C=O) groups excluding carboxylic acids is 1. The predicted molar refractivity (Wildman–Crippen MR) is 144 cm³/mol. The van der Waals surface area contributed by atoms with Crippen LogP contribution in [0.2, 0.25) is 5.02 Å². The second-order valence-corrected chi connectivity index (χ2v) is 11.1. The highest BCUT2D eigenvalue weighted by Gasteiger charge is 2.32. The number of amides is 1. The molecule has 1 saturated heterocycles. The summed E-state index contributed by atoms with van der Waals surface area (Å²) in [7, 11) is 0. The number of hydrogen-bond donors (Lipinski definition) is 3. The SMILES string of the molecule is Cc1cc(Cl)cc(C(=O)Nc2nc3c(COCCC4CCCCNCCC4)cc(C(F)(F)F)cc3s2)c1O. The van der Waals surface area contributed by atoms with Crippen LogP contribution in [0, 0.1) is 12.8 Å². The molecule has 2 heterocycles. The van der Waals surface area contributed by atoms with Crippen LogP contribution >= 0.6 is 22.9 Å². The van der Waals surface area contributed by atoms with Crippen LogP contribution < -0.4 is 10.6 Å². The zero-order chi connectivity index (χ0) is 27.3. The number of aryl methyl sites for hydroxylation is 1. The molecule has 1 unspecified atom stereocenters. The summed E-state index contributed by atoms with van der Waals surface area (Å²) >= 11 is 6.95. The molecule has 4 rings (SSSR count). The molecule has 1 atom stereocenters. The first kappa shape index (κ1) is 28.6. The standard InChI is InChI=1S/C27H31ClF3N3O3S/c1-16-11-20(28)14-21(24(16)35)25(36)34-26-33-23-18(12-19(27(29,30)31)13-22(23)38-26)15-37-10-7-17-5-2-3-8-32-9-4-6-17/h11-14,17,32,35H,2-10,15H2,1H3,(H,33,34,36). The van der Waals surface area contributed by atoms with Gasteiger partial charge in [-0.1, -0.05) is 35.8 Å². The number of phenolic OH excluding ortho intramolecular Hbond substituents is 1. The number of rotatable bonds is 7. The Bertz CT molecular complexity index is 1270. The molecule has 1 fully saturated rings. The Morgan fingerprint density at radius 3 is 2.76 bits per heavy atom. The van der Waals surface area contributed by atoms with Gasteiger partial charge in [-0.3, -0.25) is 10.1 Å². The van der Waals surface area contributed by atoms with E-state index in [0.717, 1.165) is 75.1 Å². The molecule has 1 amide bonds. The van der Waals surface area contributed by atoms with Crippen molar-refractivity contribution in [3.63, 3.8) is 0 Å². The van der Waals surface area contributed by atoms with Crippen molar-refractivity contribution in [2.75, 3.05) is 25.0 Å². The number of thiazole rings is 1. The van der Waals surface area contributed by atoms with Crippen LogP contribution in [-0.4, -0.2) is 35.7 Å². The van der Waals surface area contributed by atoms with Gasteiger partial charge in [0.05, 0.1) is 28.0 Å². The molecule has 1 aliphatic heterocycles. The summed E-state index contributed by atoms with van der Waals surface area (Å²) in [6.07, 6.45) is 1.99. The van der Waals surface area contributed by atoms with Crippen molar-refractivity contribution in [1.82, 2.24) is 10.3 Å². The first-order valence-corrected chi connectivity index (χ1v) is 13.9. The summed E-state index contributed by atoms with van der Waals surface area (Å²) in [6.45, 7) is 4.11. The largest absolute Gasteiger partial charge is 0.507 e. The molecule has 206 valence electrons.